The van der Waals surface area contributed by atoms with Crippen LogP contribution < -0.4 is 0 Å². The Balaban J connectivity index is 2.28. The Hall–Kier alpha value is -0.850. The molecule has 0 N–H and O–H groups in total. The zero-order valence-electron chi connectivity index (χ0n) is 6.71. The highest BCUT2D eigenvalue weighted by Crippen LogP contribution is 2.36. The summed E-state index contributed by atoms with van der Waals surface area (Å²) < 4.78 is 0. The second kappa shape index (κ2) is 2.33. The van der Waals surface area contributed by atoms with E-state index < -0.39 is 0 Å². The first-order chi connectivity index (χ1) is 5.27. The van der Waals surface area contributed by atoms with Crippen molar-refractivity contribution in [3.8, 4) is 0 Å². The molecule has 0 aromatic heterocycles. The number of carbonyl (C=O) groups is 1. The summed E-state index contributed by atoms with van der Waals surface area (Å²) in [5.41, 5.74) is 1.04. The number of Topliss-reactive ketones (excluding diaryl/α,β-unsaturated/α-hetero) is 1. The van der Waals surface area contributed by atoms with Gasteiger partial charge in [-0.15, -0.1) is 0 Å². The van der Waals surface area contributed by atoms with Gasteiger partial charge in [-0.3, -0.25) is 4.79 Å². The van der Waals surface area contributed by atoms with Crippen LogP contribution in [0.3, 0.4) is 0 Å². The maximum Gasteiger partial charge on any atom is 0.156 e. The van der Waals surface area contributed by atoms with E-state index in [1.54, 1.807) is 6.92 Å². The summed E-state index contributed by atoms with van der Waals surface area (Å²) in [5.74, 6) is 1.43. The third kappa shape index (κ3) is 1.05. The van der Waals surface area contributed by atoms with Gasteiger partial charge in [-0.25, -0.2) is 0 Å². The monoisotopic (exact) mass is 148 g/mol. The van der Waals surface area contributed by atoms with Gasteiger partial charge < -0.3 is 0 Å². The van der Waals surface area contributed by atoms with Crippen LogP contribution in [0.4, 0.5) is 0 Å². The lowest BCUT2D eigenvalue weighted by molar-refractivity contribution is -0.114. The van der Waals surface area contributed by atoms with Crippen molar-refractivity contribution in [3.05, 3.63) is 23.8 Å². The second-order valence-electron chi connectivity index (χ2n) is 3.44. The molecule has 2 bridgehead atoms. The Kier molecular flexibility index (Phi) is 1.45. The van der Waals surface area contributed by atoms with E-state index in [1.165, 1.54) is 6.42 Å². The summed E-state index contributed by atoms with van der Waals surface area (Å²) >= 11 is 0. The molecule has 1 nitrogen and oxygen atoms in total. The number of ketones is 1. The van der Waals surface area contributed by atoms with Crippen LogP contribution in [0.1, 0.15) is 19.8 Å². The van der Waals surface area contributed by atoms with Gasteiger partial charge >= 0.3 is 0 Å². The van der Waals surface area contributed by atoms with Crippen molar-refractivity contribution in [1.29, 1.82) is 0 Å². The molecule has 1 heteroatoms. The number of fused-ring (bicyclic) bond motifs is 2. The molecule has 0 saturated heterocycles. The minimum absolute atomic E-state index is 0.250. The van der Waals surface area contributed by atoms with Crippen LogP contribution in [0, 0.1) is 11.8 Å². The molecule has 0 aliphatic heterocycles. The van der Waals surface area contributed by atoms with Gasteiger partial charge in [0, 0.05) is 5.92 Å². The molecule has 0 radical (unpaired) electrons. The Bertz CT molecular complexity index is 248. The molecule has 2 aliphatic carbocycles. The lowest BCUT2D eigenvalue weighted by Crippen LogP contribution is -2.12. The number of rotatable bonds is 1. The van der Waals surface area contributed by atoms with E-state index in [2.05, 4.69) is 18.2 Å². The molecule has 0 saturated carbocycles. The molecule has 0 spiro atoms. The summed E-state index contributed by atoms with van der Waals surface area (Å²) in [4.78, 5) is 11.1. The summed E-state index contributed by atoms with van der Waals surface area (Å²) in [6.45, 7) is 1.66. The van der Waals surface area contributed by atoms with Crippen LogP contribution in [0.5, 0.6) is 0 Å². The highest BCUT2D eigenvalue weighted by molar-refractivity contribution is 5.94. The van der Waals surface area contributed by atoms with Crippen molar-refractivity contribution in [2.45, 2.75) is 19.8 Å². The molecule has 0 aromatic carbocycles. The Morgan fingerprint density at radius 1 is 1.55 bits per heavy atom. The number of hydrogen-bond acceptors (Lipinski definition) is 1. The minimum atomic E-state index is 0.250. The SMILES string of the molecule is CC(=O)C1=CCC2C=CC1C2. The number of allylic oxidation sites excluding steroid dienone is 4. The molecular formula is C10H12O. The van der Waals surface area contributed by atoms with Crippen LogP contribution in [-0.2, 0) is 4.79 Å². The van der Waals surface area contributed by atoms with Crippen molar-refractivity contribution in [3.63, 3.8) is 0 Å². The van der Waals surface area contributed by atoms with E-state index in [-0.39, 0.29) is 5.78 Å². The molecule has 58 valence electrons. The van der Waals surface area contributed by atoms with Gasteiger partial charge in [0.2, 0.25) is 0 Å². The molecule has 0 amide bonds. The van der Waals surface area contributed by atoms with E-state index >= 15 is 0 Å². The quantitative estimate of drug-likeness (QED) is 0.520. The van der Waals surface area contributed by atoms with E-state index in [9.17, 15) is 4.79 Å². The molecule has 2 unspecified atom stereocenters. The minimum Gasteiger partial charge on any atom is -0.295 e. The van der Waals surface area contributed by atoms with Gasteiger partial charge in [-0.1, -0.05) is 18.2 Å². The third-order valence-corrected chi connectivity index (χ3v) is 2.62. The average molecular weight is 148 g/mol. The highest BCUT2D eigenvalue weighted by Gasteiger charge is 2.27. The molecule has 0 fully saturated rings. The van der Waals surface area contributed by atoms with Crippen LogP contribution in [-0.4, -0.2) is 5.78 Å². The van der Waals surface area contributed by atoms with Gasteiger partial charge in [-0.2, -0.15) is 0 Å². The fourth-order valence-corrected chi connectivity index (χ4v) is 2.01. The largest absolute Gasteiger partial charge is 0.295 e. The van der Waals surface area contributed by atoms with Crippen LogP contribution in [0.2, 0.25) is 0 Å². The zero-order valence-corrected chi connectivity index (χ0v) is 6.71. The van der Waals surface area contributed by atoms with Crippen LogP contribution in [0.25, 0.3) is 0 Å². The smallest absolute Gasteiger partial charge is 0.156 e. The maximum atomic E-state index is 11.1. The highest BCUT2D eigenvalue weighted by atomic mass is 16.1. The molecule has 2 rings (SSSR count). The second-order valence-corrected chi connectivity index (χ2v) is 3.44. The topological polar surface area (TPSA) is 17.1 Å². The van der Waals surface area contributed by atoms with Crippen molar-refractivity contribution >= 4 is 5.78 Å². The lowest BCUT2D eigenvalue weighted by atomic mass is 9.86. The van der Waals surface area contributed by atoms with Crippen LogP contribution >= 0.6 is 0 Å². The maximum absolute atomic E-state index is 11.1. The van der Waals surface area contributed by atoms with Gasteiger partial charge in [0.05, 0.1) is 0 Å². The third-order valence-electron chi connectivity index (χ3n) is 2.62. The van der Waals surface area contributed by atoms with Crippen molar-refractivity contribution in [2.75, 3.05) is 0 Å². The van der Waals surface area contributed by atoms with Crippen molar-refractivity contribution < 1.29 is 4.79 Å². The summed E-state index contributed by atoms with van der Waals surface area (Å²) in [6, 6.07) is 0. The predicted molar refractivity (Wildman–Crippen MR) is 44.1 cm³/mol. The summed E-state index contributed by atoms with van der Waals surface area (Å²) in [7, 11) is 0. The first-order valence-electron chi connectivity index (χ1n) is 4.16. The van der Waals surface area contributed by atoms with Crippen molar-refractivity contribution in [1.82, 2.24) is 0 Å². The number of hydrogen-bond donors (Lipinski definition) is 0. The normalized spacial score (nSPS) is 33.7. The Morgan fingerprint density at radius 2 is 2.36 bits per heavy atom. The Morgan fingerprint density at radius 3 is 3.09 bits per heavy atom. The Labute approximate surface area is 66.8 Å². The van der Waals surface area contributed by atoms with Gasteiger partial charge in [0.25, 0.3) is 0 Å². The molecular weight excluding hydrogens is 136 g/mol. The van der Waals surface area contributed by atoms with E-state index in [0.29, 0.717) is 5.92 Å². The van der Waals surface area contributed by atoms with Gasteiger partial charge in [-0.05, 0) is 31.3 Å². The summed E-state index contributed by atoms with van der Waals surface area (Å²) in [6.07, 6.45) is 8.79. The predicted octanol–water partition coefficient (Wildman–Crippen LogP) is 2.10. The average Bonchev–Trinajstić information content (AvgIpc) is 2.32. The van der Waals surface area contributed by atoms with Gasteiger partial charge in [0.1, 0.15) is 0 Å². The molecule has 2 atom stereocenters. The van der Waals surface area contributed by atoms with Crippen molar-refractivity contribution in [2.24, 2.45) is 11.8 Å². The van der Waals surface area contributed by atoms with Crippen LogP contribution in [0.15, 0.2) is 23.8 Å². The van der Waals surface area contributed by atoms with E-state index in [0.717, 1.165) is 17.9 Å². The molecule has 0 heterocycles. The molecule has 0 aromatic rings. The van der Waals surface area contributed by atoms with E-state index in [1.807, 2.05) is 0 Å². The zero-order chi connectivity index (χ0) is 7.84. The molecule has 11 heavy (non-hydrogen) atoms. The fraction of sp³-hybridized carbons (Fsp3) is 0.500. The van der Waals surface area contributed by atoms with Gasteiger partial charge in [0.15, 0.2) is 5.78 Å². The fourth-order valence-electron chi connectivity index (χ4n) is 2.01. The standard InChI is InChI=1S/C10H12O/c1-7(11)10-5-3-8-2-4-9(10)6-8/h2,4-5,8-9H,3,6H2,1H3. The number of carbonyl (C=O) groups excluding carboxylic acids is 1. The molecule has 2 aliphatic rings. The first kappa shape index (κ1) is 6.84. The van der Waals surface area contributed by atoms with E-state index in [4.69, 9.17) is 0 Å². The summed E-state index contributed by atoms with van der Waals surface area (Å²) in [5, 5.41) is 0. The lowest BCUT2D eigenvalue weighted by Gasteiger charge is -2.18. The first-order valence-corrected chi connectivity index (χ1v) is 4.16.